The summed E-state index contributed by atoms with van der Waals surface area (Å²) in [5.74, 6) is 0. The van der Waals surface area contributed by atoms with Crippen molar-refractivity contribution in [1.29, 1.82) is 0 Å². The molecule has 1 fully saturated rings. The second-order valence-corrected chi connectivity index (χ2v) is 4.44. The second-order valence-electron chi connectivity index (χ2n) is 4.44. The van der Waals surface area contributed by atoms with Crippen molar-refractivity contribution in [3.8, 4) is 0 Å². The molecule has 0 radical (unpaired) electrons. The van der Waals surface area contributed by atoms with Gasteiger partial charge in [-0.15, -0.1) is 0 Å². The van der Waals surface area contributed by atoms with Gasteiger partial charge in [0.1, 0.15) is 24.4 Å². The van der Waals surface area contributed by atoms with Crippen molar-refractivity contribution >= 4 is 0 Å². The van der Waals surface area contributed by atoms with E-state index in [1.165, 1.54) is 0 Å². The Morgan fingerprint density at radius 3 is 1.79 bits per heavy atom. The molecule has 0 saturated carbocycles. The molecule has 0 spiro atoms. The molecule has 4 atom stereocenters. The van der Waals surface area contributed by atoms with E-state index in [0.717, 1.165) is 5.56 Å². The molecule has 19 heavy (non-hydrogen) atoms. The first-order valence-electron chi connectivity index (χ1n) is 6.11. The normalized spacial score (nSPS) is 30.2. The van der Waals surface area contributed by atoms with Crippen molar-refractivity contribution in [2.75, 3.05) is 13.2 Å². The van der Waals surface area contributed by atoms with Crippen molar-refractivity contribution in [2.24, 2.45) is 0 Å². The Hall–Kier alpha value is -1.02. The standard InChI is InChI=1S/C13H18O6/c14-6-9(16)11-12(10(17)7-15)19-13(18-11)8-4-2-1-3-5-8/h1-5,9-17H,6-7H2. The summed E-state index contributed by atoms with van der Waals surface area (Å²) < 4.78 is 11.1. The number of aliphatic hydroxyl groups is 4. The van der Waals surface area contributed by atoms with Gasteiger partial charge in [0.2, 0.25) is 0 Å². The highest BCUT2D eigenvalue weighted by atomic mass is 16.7. The predicted octanol–water partition coefficient (Wildman–Crippen LogP) is -0.824. The highest BCUT2D eigenvalue weighted by molar-refractivity contribution is 5.17. The van der Waals surface area contributed by atoms with E-state index in [9.17, 15) is 10.2 Å². The van der Waals surface area contributed by atoms with Crippen LogP contribution in [0.2, 0.25) is 0 Å². The quantitative estimate of drug-likeness (QED) is 0.558. The molecule has 1 aromatic rings. The first-order chi connectivity index (χ1) is 9.17. The molecule has 0 amide bonds. The summed E-state index contributed by atoms with van der Waals surface area (Å²) in [5, 5.41) is 37.4. The summed E-state index contributed by atoms with van der Waals surface area (Å²) in [6, 6.07) is 9.06. The number of rotatable bonds is 5. The van der Waals surface area contributed by atoms with E-state index in [1.807, 2.05) is 18.2 Å². The average Bonchev–Trinajstić information content (AvgIpc) is 2.91. The van der Waals surface area contributed by atoms with E-state index < -0.39 is 43.9 Å². The van der Waals surface area contributed by atoms with Crippen LogP contribution >= 0.6 is 0 Å². The van der Waals surface area contributed by atoms with Crippen molar-refractivity contribution < 1.29 is 29.9 Å². The molecule has 1 aliphatic rings. The van der Waals surface area contributed by atoms with Gasteiger partial charge in [-0.05, 0) is 0 Å². The highest BCUT2D eigenvalue weighted by Crippen LogP contribution is 2.34. The Bertz CT molecular complexity index is 366. The van der Waals surface area contributed by atoms with Gasteiger partial charge < -0.3 is 29.9 Å². The molecule has 4 unspecified atom stereocenters. The number of hydrogen-bond acceptors (Lipinski definition) is 6. The fourth-order valence-electron chi connectivity index (χ4n) is 2.07. The topological polar surface area (TPSA) is 99.4 Å². The molecular weight excluding hydrogens is 252 g/mol. The first-order valence-corrected chi connectivity index (χ1v) is 6.11. The molecule has 0 aliphatic carbocycles. The monoisotopic (exact) mass is 270 g/mol. The van der Waals surface area contributed by atoms with E-state index in [2.05, 4.69) is 0 Å². The van der Waals surface area contributed by atoms with Crippen molar-refractivity contribution in [2.45, 2.75) is 30.7 Å². The number of aliphatic hydroxyl groups excluding tert-OH is 4. The molecule has 106 valence electrons. The largest absolute Gasteiger partial charge is 0.394 e. The maximum Gasteiger partial charge on any atom is 0.184 e. The third-order valence-corrected chi connectivity index (χ3v) is 3.09. The third kappa shape index (κ3) is 3.11. The summed E-state index contributed by atoms with van der Waals surface area (Å²) in [6.45, 7) is -1.02. The molecule has 0 aromatic heterocycles. The lowest BCUT2D eigenvalue weighted by atomic mass is 10.0. The molecule has 4 N–H and O–H groups in total. The van der Waals surface area contributed by atoms with Gasteiger partial charge in [0.15, 0.2) is 6.29 Å². The summed E-state index contributed by atoms with van der Waals surface area (Å²) >= 11 is 0. The van der Waals surface area contributed by atoms with Crippen molar-refractivity contribution in [1.82, 2.24) is 0 Å². The van der Waals surface area contributed by atoms with E-state index in [1.54, 1.807) is 12.1 Å². The Kier molecular flexibility index (Phi) is 4.87. The SMILES string of the molecule is OCC(O)C1OC(c2ccccc2)OC1C(O)CO. The van der Waals surface area contributed by atoms with E-state index >= 15 is 0 Å². The zero-order valence-corrected chi connectivity index (χ0v) is 10.3. The van der Waals surface area contributed by atoms with Crippen LogP contribution in [0.1, 0.15) is 11.9 Å². The maximum atomic E-state index is 9.69. The summed E-state index contributed by atoms with van der Waals surface area (Å²) in [7, 11) is 0. The molecule has 2 rings (SSSR count). The van der Waals surface area contributed by atoms with Gasteiger partial charge in [0.25, 0.3) is 0 Å². The summed E-state index contributed by atoms with van der Waals surface area (Å²) in [6.07, 6.45) is -4.88. The number of ether oxygens (including phenoxy) is 2. The van der Waals surface area contributed by atoms with Crippen LogP contribution in [0.5, 0.6) is 0 Å². The van der Waals surface area contributed by atoms with Crippen LogP contribution in [0.3, 0.4) is 0 Å². The van der Waals surface area contributed by atoms with Crippen LogP contribution in [0, 0.1) is 0 Å². The first kappa shape index (κ1) is 14.4. The van der Waals surface area contributed by atoms with Gasteiger partial charge in [0.05, 0.1) is 13.2 Å². The fraction of sp³-hybridized carbons (Fsp3) is 0.538. The molecule has 1 heterocycles. The molecule has 6 heteroatoms. The van der Waals surface area contributed by atoms with Crippen LogP contribution < -0.4 is 0 Å². The smallest absolute Gasteiger partial charge is 0.184 e. The van der Waals surface area contributed by atoms with Gasteiger partial charge in [0, 0.05) is 5.56 Å². The fourth-order valence-corrected chi connectivity index (χ4v) is 2.07. The van der Waals surface area contributed by atoms with Gasteiger partial charge in [-0.1, -0.05) is 30.3 Å². The molecule has 1 aliphatic heterocycles. The van der Waals surface area contributed by atoms with Crippen LogP contribution in [-0.2, 0) is 9.47 Å². The van der Waals surface area contributed by atoms with Gasteiger partial charge in [-0.3, -0.25) is 0 Å². The zero-order chi connectivity index (χ0) is 13.8. The summed E-state index contributed by atoms with van der Waals surface area (Å²) in [5.41, 5.74) is 0.741. The van der Waals surface area contributed by atoms with Crippen LogP contribution in [0.4, 0.5) is 0 Å². The summed E-state index contributed by atoms with van der Waals surface area (Å²) in [4.78, 5) is 0. The Morgan fingerprint density at radius 2 is 1.37 bits per heavy atom. The molecular formula is C13H18O6. The lowest BCUT2D eigenvalue weighted by molar-refractivity contribution is -0.0957. The lowest BCUT2D eigenvalue weighted by Crippen LogP contribution is -2.45. The van der Waals surface area contributed by atoms with E-state index in [-0.39, 0.29) is 0 Å². The minimum atomic E-state index is -1.18. The highest BCUT2D eigenvalue weighted by Gasteiger charge is 2.44. The second kappa shape index (κ2) is 6.42. The van der Waals surface area contributed by atoms with Crippen LogP contribution in [-0.4, -0.2) is 58.1 Å². The molecule has 1 saturated heterocycles. The Labute approximate surface area is 110 Å². The molecule has 0 bridgehead atoms. The molecule has 6 nitrogen and oxygen atoms in total. The Balaban J connectivity index is 2.15. The Morgan fingerprint density at radius 1 is 0.895 bits per heavy atom. The van der Waals surface area contributed by atoms with Crippen molar-refractivity contribution in [3.63, 3.8) is 0 Å². The third-order valence-electron chi connectivity index (χ3n) is 3.09. The van der Waals surface area contributed by atoms with Crippen LogP contribution in [0.25, 0.3) is 0 Å². The maximum absolute atomic E-state index is 9.69. The van der Waals surface area contributed by atoms with Gasteiger partial charge in [-0.2, -0.15) is 0 Å². The number of benzene rings is 1. The number of hydrogen-bond donors (Lipinski definition) is 4. The molecule has 1 aromatic carbocycles. The minimum Gasteiger partial charge on any atom is -0.394 e. The zero-order valence-electron chi connectivity index (χ0n) is 10.3. The average molecular weight is 270 g/mol. The van der Waals surface area contributed by atoms with E-state index in [0.29, 0.717) is 0 Å². The van der Waals surface area contributed by atoms with Gasteiger partial charge >= 0.3 is 0 Å². The minimum absolute atomic E-state index is 0.510. The van der Waals surface area contributed by atoms with Crippen LogP contribution in [0.15, 0.2) is 30.3 Å². The predicted molar refractivity (Wildman–Crippen MR) is 65.1 cm³/mol. The van der Waals surface area contributed by atoms with Gasteiger partial charge in [-0.25, -0.2) is 0 Å². The van der Waals surface area contributed by atoms with E-state index in [4.69, 9.17) is 19.7 Å². The lowest BCUT2D eigenvalue weighted by Gasteiger charge is -2.23. The van der Waals surface area contributed by atoms with Crippen molar-refractivity contribution in [3.05, 3.63) is 35.9 Å².